The molecule has 0 radical (unpaired) electrons. The van der Waals surface area contributed by atoms with Crippen LogP contribution in [-0.2, 0) is 26.5 Å². The Bertz CT molecular complexity index is 3200. The predicted molar refractivity (Wildman–Crippen MR) is 235 cm³/mol. The quantitative estimate of drug-likeness (QED) is 0.156. The van der Waals surface area contributed by atoms with Crippen LogP contribution in [0.25, 0.3) is 55.1 Å². The Labute approximate surface area is 357 Å². The van der Waals surface area contributed by atoms with Crippen LogP contribution < -0.4 is 14.5 Å². The first-order chi connectivity index (χ1) is 28.4. The molecule has 1 aliphatic rings. The number of hydrogen-bond donors (Lipinski definition) is 0. The maximum atomic E-state index is 6.59. The van der Waals surface area contributed by atoms with Crippen LogP contribution >= 0.6 is 0 Å². The summed E-state index contributed by atoms with van der Waals surface area (Å²) in [6.07, 6.45) is 3.74. The Morgan fingerprint density at radius 1 is 0.559 bits per heavy atom. The Morgan fingerprint density at radius 3 is 2.07 bits per heavy atom. The smallest absolute Gasteiger partial charge is 0.135 e. The number of aromatic nitrogens is 4. The van der Waals surface area contributed by atoms with Crippen molar-refractivity contribution in [3.8, 4) is 23.0 Å². The van der Waals surface area contributed by atoms with Gasteiger partial charge in [-0.1, -0.05) is 93.0 Å². The summed E-state index contributed by atoms with van der Waals surface area (Å²) in [5.41, 5.74) is 9.30. The van der Waals surface area contributed by atoms with Gasteiger partial charge in [0, 0.05) is 72.6 Å². The first-order valence-electron chi connectivity index (χ1n) is 19.5. The Hall–Kier alpha value is -6.69. The Balaban J connectivity index is 0.00000420. The van der Waals surface area contributed by atoms with Gasteiger partial charge in [-0.3, -0.25) is 0 Å². The van der Waals surface area contributed by atoms with E-state index in [2.05, 4.69) is 180 Å². The number of ether oxygens (including phenoxy) is 1. The maximum Gasteiger partial charge on any atom is 0.135 e. The molecule has 0 N–H and O–H groups in total. The Kier molecular flexibility index (Phi) is 8.88. The minimum Gasteiger partial charge on any atom is -0.509 e. The van der Waals surface area contributed by atoms with Gasteiger partial charge in [-0.15, -0.1) is 48.1 Å². The van der Waals surface area contributed by atoms with Crippen molar-refractivity contribution in [1.82, 2.24) is 19.1 Å². The molecule has 0 amide bonds. The fourth-order valence-corrected chi connectivity index (χ4v) is 8.34. The molecular formula is C51H37N6OPt-3. The van der Waals surface area contributed by atoms with Gasteiger partial charge in [-0.2, -0.15) is 12.1 Å². The van der Waals surface area contributed by atoms with Gasteiger partial charge in [-0.05, 0) is 71.0 Å². The zero-order chi connectivity index (χ0) is 39.0. The van der Waals surface area contributed by atoms with E-state index in [1.807, 2.05) is 42.7 Å². The maximum absolute atomic E-state index is 6.59. The second kappa shape index (κ2) is 14.3. The van der Waals surface area contributed by atoms with Gasteiger partial charge in [0.2, 0.25) is 0 Å². The van der Waals surface area contributed by atoms with Gasteiger partial charge < -0.3 is 23.7 Å². The van der Waals surface area contributed by atoms with Crippen LogP contribution in [0.2, 0.25) is 0 Å². The SMILES string of the molecule is CC(C)(C)c1ccnc(-n2c3[c-]c(Oc4[c-]c(N5[CH-]N(c6cccc7c8ccccc8n(-c8ccccc8)c67)c6ncccc65)ccc4)ccc3c3ccccc32)c1.[Pt]. The van der Waals surface area contributed by atoms with Crippen LogP contribution in [0.15, 0.2) is 164 Å². The van der Waals surface area contributed by atoms with Crippen LogP contribution in [-0.4, -0.2) is 19.1 Å². The van der Waals surface area contributed by atoms with Crippen LogP contribution in [0.4, 0.5) is 22.9 Å². The van der Waals surface area contributed by atoms with Crippen molar-refractivity contribution < 1.29 is 25.8 Å². The van der Waals surface area contributed by atoms with Crippen molar-refractivity contribution in [2.75, 3.05) is 9.80 Å². The average molecular weight is 945 g/mol. The van der Waals surface area contributed by atoms with E-state index in [1.165, 1.54) is 16.3 Å². The summed E-state index contributed by atoms with van der Waals surface area (Å²) in [6.45, 7) is 8.77. The van der Waals surface area contributed by atoms with E-state index in [4.69, 9.17) is 14.7 Å². The molecule has 7 nitrogen and oxygen atoms in total. The summed E-state index contributed by atoms with van der Waals surface area (Å²) in [4.78, 5) is 14.1. The molecule has 11 rings (SSSR count). The number of benzene rings is 6. The number of para-hydroxylation sites is 4. The van der Waals surface area contributed by atoms with E-state index >= 15 is 0 Å². The number of rotatable bonds is 6. The fourth-order valence-electron chi connectivity index (χ4n) is 8.34. The second-order valence-electron chi connectivity index (χ2n) is 15.7. The van der Waals surface area contributed by atoms with Crippen LogP contribution in [0.3, 0.4) is 0 Å². The van der Waals surface area contributed by atoms with E-state index in [-0.39, 0.29) is 26.5 Å². The van der Waals surface area contributed by atoms with E-state index in [0.717, 1.165) is 67.2 Å². The molecule has 59 heavy (non-hydrogen) atoms. The van der Waals surface area contributed by atoms with E-state index < -0.39 is 0 Å². The normalized spacial score (nSPS) is 12.7. The number of fused-ring (bicyclic) bond motifs is 7. The largest absolute Gasteiger partial charge is 0.509 e. The van der Waals surface area contributed by atoms with E-state index in [0.29, 0.717) is 11.5 Å². The molecule has 5 heterocycles. The molecule has 0 saturated carbocycles. The topological polar surface area (TPSA) is 51.4 Å². The molecule has 1 aliphatic heterocycles. The zero-order valence-corrected chi connectivity index (χ0v) is 34.8. The molecule has 10 aromatic rings. The van der Waals surface area contributed by atoms with E-state index in [9.17, 15) is 0 Å². The molecule has 0 unspecified atom stereocenters. The molecule has 0 saturated heterocycles. The van der Waals surface area contributed by atoms with Gasteiger partial charge in [-0.25, -0.2) is 9.97 Å². The third kappa shape index (κ3) is 6.07. The first-order valence-corrected chi connectivity index (χ1v) is 19.5. The minimum absolute atomic E-state index is 0. The molecule has 4 aromatic heterocycles. The van der Waals surface area contributed by atoms with Crippen molar-refractivity contribution >= 4 is 66.5 Å². The summed E-state index contributed by atoms with van der Waals surface area (Å²) in [6, 6.07) is 59.6. The summed E-state index contributed by atoms with van der Waals surface area (Å²) in [5.74, 6) is 2.84. The molecule has 0 bridgehead atoms. The Morgan fingerprint density at radius 2 is 1.25 bits per heavy atom. The number of anilines is 4. The minimum atomic E-state index is -0.0227. The summed E-state index contributed by atoms with van der Waals surface area (Å²) >= 11 is 0. The number of hydrogen-bond acceptors (Lipinski definition) is 5. The van der Waals surface area contributed by atoms with Crippen LogP contribution in [0, 0.1) is 18.8 Å². The third-order valence-corrected chi connectivity index (χ3v) is 11.1. The fraction of sp³-hybridized carbons (Fsp3) is 0.0784. The zero-order valence-electron chi connectivity index (χ0n) is 32.6. The summed E-state index contributed by atoms with van der Waals surface area (Å²) < 4.78 is 11.1. The monoisotopic (exact) mass is 944 g/mol. The third-order valence-electron chi connectivity index (χ3n) is 11.1. The molecule has 0 fully saturated rings. The van der Waals surface area contributed by atoms with Crippen LogP contribution in [0.1, 0.15) is 26.3 Å². The van der Waals surface area contributed by atoms with Gasteiger partial charge >= 0.3 is 0 Å². The molecule has 8 heteroatoms. The second-order valence-corrected chi connectivity index (χ2v) is 15.7. The molecule has 0 aliphatic carbocycles. The number of pyridine rings is 2. The van der Waals surface area contributed by atoms with Crippen molar-refractivity contribution in [1.29, 1.82) is 0 Å². The standard InChI is InChI=1S/C51H37N6O.Pt/c1-51(2,3)34-27-29-52-48(30-34)57-44-22-10-7-18-39(44)41-26-25-38(32-47(41)57)58-37-17-11-16-36(31-37)54-33-55(50-46(54)24-13-28-53-50)45-23-12-20-42-40-19-8-9-21-43(40)56(49(42)45)35-14-5-4-6-15-35;/h4-30,33H,1-3H3;/q-3;. The van der Waals surface area contributed by atoms with Crippen molar-refractivity contribution in [2.45, 2.75) is 26.2 Å². The van der Waals surface area contributed by atoms with Crippen LogP contribution in [0.5, 0.6) is 11.5 Å². The van der Waals surface area contributed by atoms with Crippen molar-refractivity contribution in [3.05, 3.63) is 188 Å². The summed E-state index contributed by atoms with van der Waals surface area (Å²) in [7, 11) is 0. The average Bonchev–Trinajstić information content (AvgIpc) is 3.92. The first kappa shape index (κ1) is 36.6. The molecule has 0 atom stereocenters. The number of nitrogens with zero attached hydrogens (tertiary/aromatic N) is 6. The van der Waals surface area contributed by atoms with Gasteiger partial charge in [0.15, 0.2) is 0 Å². The van der Waals surface area contributed by atoms with Crippen molar-refractivity contribution in [2.24, 2.45) is 0 Å². The molecule has 0 spiro atoms. The van der Waals surface area contributed by atoms with Gasteiger partial charge in [0.1, 0.15) is 11.6 Å². The summed E-state index contributed by atoms with van der Waals surface area (Å²) in [5, 5.41) is 4.59. The van der Waals surface area contributed by atoms with Gasteiger partial charge in [0.25, 0.3) is 0 Å². The van der Waals surface area contributed by atoms with E-state index in [1.54, 1.807) is 0 Å². The molecule has 6 aromatic carbocycles. The predicted octanol–water partition coefficient (Wildman–Crippen LogP) is 12.8. The molecule has 290 valence electrons. The van der Waals surface area contributed by atoms with Gasteiger partial charge in [0.05, 0.1) is 16.7 Å². The molecular weight excluding hydrogens is 908 g/mol. The van der Waals surface area contributed by atoms with Crippen molar-refractivity contribution in [3.63, 3.8) is 0 Å².